The van der Waals surface area contributed by atoms with Gasteiger partial charge in [0.1, 0.15) is 5.69 Å². The molecule has 2 N–H and O–H groups in total. The summed E-state index contributed by atoms with van der Waals surface area (Å²) in [5.41, 5.74) is 1.95. The average Bonchev–Trinajstić information content (AvgIpc) is 2.60. The summed E-state index contributed by atoms with van der Waals surface area (Å²) in [7, 11) is 0. The molecule has 0 radical (unpaired) electrons. The molecule has 1 amide bonds. The molecule has 3 aromatic rings. The van der Waals surface area contributed by atoms with E-state index in [0.29, 0.717) is 0 Å². The lowest BCUT2D eigenvalue weighted by molar-refractivity contribution is 0.102. The number of carbonyl (C=O) groups excluding carboxylic acids is 1. The van der Waals surface area contributed by atoms with Gasteiger partial charge in [-0.2, -0.15) is 0 Å². The fourth-order valence-electron chi connectivity index (χ4n) is 2.06. The Balaban J connectivity index is 1.68. The number of carbonyl (C=O) groups is 1. The Morgan fingerprint density at radius 1 is 0.833 bits per heavy atom. The zero-order chi connectivity index (χ0) is 16.9. The van der Waals surface area contributed by atoms with Gasteiger partial charge in [0.05, 0.1) is 11.9 Å². The number of benzene rings is 2. The van der Waals surface area contributed by atoms with Gasteiger partial charge in [-0.25, -0.2) is 13.8 Å². The third-order valence-corrected chi connectivity index (χ3v) is 3.24. The molecule has 4 nitrogen and oxygen atoms in total. The highest BCUT2D eigenvalue weighted by Crippen LogP contribution is 2.17. The number of rotatable bonds is 4. The average molecular weight is 325 g/mol. The molecule has 0 saturated carbocycles. The van der Waals surface area contributed by atoms with E-state index in [1.165, 1.54) is 12.3 Å². The molecule has 0 spiro atoms. The van der Waals surface area contributed by atoms with E-state index in [-0.39, 0.29) is 11.4 Å². The molecule has 0 saturated heterocycles. The Morgan fingerprint density at radius 3 is 2.25 bits per heavy atom. The van der Waals surface area contributed by atoms with Gasteiger partial charge in [-0.15, -0.1) is 0 Å². The van der Waals surface area contributed by atoms with Crippen LogP contribution in [0.5, 0.6) is 0 Å². The van der Waals surface area contributed by atoms with E-state index in [1.807, 2.05) is 30.3 Å². The second kappa shape index (κ2) is 6.87. The highest BCUT2D eigenvalue weighted by atomic mass is 19.2. The number of nitrogens with one attached hydrogen (secondary N) is 2. The quantitative estimate of drug-likeness (QED) is 0.749. The Morgan fingerprint density at radius 2 is 1.58 bits per heavy atom. The predicted molar refractivity (Wildman–Crippen MR) is 88.3 cm³/mol. The van der Waals surface area contributed by atoms with Crippen LogP contribution < -0.4 is 10.6 Å². The number of hydrogen-bond acceptors (Lipinski definition) is 3. The second-order valence-corrected chi connectivity index (χ2v) is 5.01. The third kappa shape index (κ3) is 3.73. The van der Waals surface area contributed by atoms with Crippen LogP contribution in [0.25, 0.3) is 0 Å². The number of para-hydroxylation sites is 1. The number of hydrogen-bond donors (Lipinski definition) is 2. The third-order valence-electron chi connectivity index (χ3n) is 3.24. The van der Waals surface area contributed by atoms with Crippen molar-refractivity contribution in [1.29, 1.82) is 0 Å². The smallest absolute Gasteiger partial charge is 0.274 e. The highest BCUT2D eigenvalue weighted by Gasteiger charge is 2.09. The number of anilines is 3. The van der Waals surface area contributed by atoms with Crippen molar-refractivity contribution >= 4 is 23.0 Å². The molecule has 0 bridgehead atoms. The topological polar surface area (TPSA) is 54.0 Å². The standard InChI is InChI=1S/C18H13F2N3O/c19-15-8-6-13(10-16(15)20)23-18(24)17-9-7-14(11-21-17)22-12-4-2-1-3-5-12/h1-11,22H,(H,23,24). The van der Waals surface area contributed by atoms with Crippen molar-refractivity contribution in [2.45, 2.75) is 0 Å². The van der Waals surface area contributed by atoms with Gasteiger partial charge in [0.25, 0.3) is 5.91 Å². The summed E-state index contributed by atoms with van der Waals surface area (Å²) in [6.07, 6.45) is 1.52. The van der Waals surface area contributed by atoms with E-state index in [4.69, 9.17) is 0 Å². The summed E-state index contributed by atoms with van der Waals surface area (Å²) in [4.78, 5) is 16.1. The number of aromatic nitrogens is 1. The molecular weight excluding hydrogens is 312 g/mol. The number of amides is 1. The van der Waals surface area contributed by atoms with Crippen LogP contribution in [0.4, 0.5) is 25.8 Å². The van der Waals surface area contributed by atoms with Crippen LogP contribution in [-0.2, 0) is 0 Å². The lowest BCUT2D eigenvalue weighted by Gasteiger charge is -2.08. The fraction of sp³-hybridized carbons (Fsp3) is 0. The van der Waals surface area contributed by atoms with E-state index in [2.05, 4.69) is 15.6 Å². The van der Waals surface area contributed by atoms with E-state index in [9.17, 15) is 13.6 Å². The van der Waals surface area contributed by atoms with Crippen LogP contribution in [0.1, 0.15) is 10.5 Å². The largest absolute Gasteiger partial charge is 0.354 e. The van der Waals surface area contributed by atoms with E-state index in [1.54, 1.807) is 12.1 Å². The van der Waals surface area contributed by atoms with Gasteiger partial charge < -0.3 is 10.6 Å². The van der Waals surface area contributed by atoms with Crippen molar-refractivity contribution in [1.82, 2.24) is 4.98 Å². The van der Waals surface area contributed by atoms with Crippen molar-refractivity contribution in [3.8, 4) is 0 Å². The molecule has 24 heavy (non-hydrogen) atoms. The van der Waals surface area contributed by atoms with Gasteiger partial charge in [0, 0.05) is 17.4 Å². The summed E-state index contributed by atoms with van der Waals surface area (Å²) in [6.45, 7) is 0. The Kier molecular flexibility index (Phi) is 4.47. The number of nitrogens with zero attached hydrogens (tertiary/aromatic N) is 1. The van der Waals surface area contributed by atoms with Crippen LogP contribution in [0.3, 0.4) is 0 Å². The maximum absolute atomic E-state index is 13.1. The van der Waals surface area contributed by atoms with Gasteiger partial charge in [-0.05, 0) is 36.4 Å². The molecule has 0 atom stereocenters. The number of pyridine rings is 1. The zero-order valence-corrected chi connectivity index (χ0v) is 12.5. The maximum Gasteiger partial charge on any atom is 0.274 e. The van der Waals surface area contributed by atoms with Gasteiger partial charge in [0.15, 0.2) is 11.6 Å². The monoisotopic (exact) mass is 325 g/mol. The number of halogens is 2. The molecule has 120 valence electrons. The summed E-state index contributed by atoms with van der Waals surface area (Å²) in [6, 6.07) is 15.9. The first-order valence-corrected chi connectivity index (χ1v) is 7.16. The zero-order valence-electron chi connectivity index (χ0n) is 12.5. The van der Waals surface area contributed by atoms with Crippen LogP contribution in [0, 0.1) is 11.6 Å². The molecule has 0 unspecified atom stereocenters. The van der Waals surface area contributed by atoms with Crippen LogP contribution in [0.2, 0.25) is 0 Å². The summed E-state index contributed by atoms with van der Waals surface area (Å²) in [5.74, 6) is -2.50. The van der Waals surface area contributed by atoms with Gasteiger partial charge in [-0.3, -0.25) is 4.79 Å². The molecule has 6 heteroatoms. The van der Waals surface area contributed by atoms with Crippen molar-refractivity contribution in [3.05, 3.63) is 84.2 Å². The molecule has 0 fully saturated rings. The maximum atomic E-state index is 13.1. The summed E-state index contributed by atoms with van der Waals surface area (Å²) in [5, 5.41) is 5.61. The lowest BCUT2D eigenvalue weighted by atomic mass is 10.2. The minimum atomic E-state index is -1.02. The summed E-state index contributed by atoms with van der Waals surface area (Å²) >= 11 is 0. The Labute approximate surface area is 137 Å². The van der Waals surface area contributed by atoms with Gasteiger partial charge in [0.2, 0.25) is 0 Å². The van der Waals surface area contributed by atoms with E-state index < -0.39 is 17.5 Å². The second-order valence-electron chi connectivity index (χ2n) is 5.01. The van der Waals surface area contributed by atoms with E-state index in [0.717, 1.165) is 23.5 Å². The first-order chi connectivity index (χ1) is 11.6. The SMILES string of the molecule is O=C(Nc1ccc(F)c(F)c1)c1ccc(Nc2ccccc2)cn1. The Bertz CT molecular complexity index is 852. The first-order valence-electron chi connectivity index (χ1n) is 7.16. The highest BCUT2D eigenvalue weighted by molar-refractivity contribution is 6.02. The molecule has 2 aromatic carbocycles. The Hall–Kier alpha value is -3.28. The van der Waals surface area contributed by atoms with Crippen molar-refractivity contribution in [3.63, 3.8) is 0 Å². The molecule has 1 aromatic heterocycles. The molecule has 1 heterocycles. The molecule has 0 aliphatic carbocycles. The minimum Gasteiger partial charge on any atom is -0.354 e. The molecule has 3 rings (SSSR count). The molecular formula is C18H13F2N3O. The fourth-order valence-corrected chi connectivity index (χ4v) is 2.06. The lowest BCUT2D eigenvalue weighted by Crippen LogP contribution is -2.13. The predicted octanol–water partition coefficient (Wildman–Crippen LogP) is 4.36. The van der Waals surface area contributed by atoms with Gasteiger partial charge in [-0.1, -0.05) is 18.2 Å². The first kappa shape index (κ1) is 15.6. The van der Waals surface area contributed by atoms with E-state index >= 15 is 0 Å². The van der Waals surface area contributed by atoms with Crippen molar-refractivity contribution in [2.24, 2.45) is 0 Å². The van der Waals surface area contributed by atoms with Crippen LogP contribution in [0.15, 0.2) is 66.9 Å². The summed E-state index contributed by atoms with van der Waals surface area (Å²) < 4.78 is 26.0. The van der Waals surface area contributed by atoms with Crippen molar-refractivity contribution in [2.75, 3.05) is 10.6 Å². The molecule has 0 aliphatic rings. The van der Waals surface area contributed by atoms with Crippen molar-refractivity contribution < 1.29 is 13.6 Å². The molecule has 0 aliphatic heterocycles. The van der Waals surface area contributed by atoms with Gasteiger partial charge >= 0.3 is 0 Å². The van der Waals surface area contributed by atoms with Crippen LogP contribution >= 0.6 is 0 Å². The minimum absolute atomic E-state index is 0.159. The van der Waals surface area contributed by atoms with Crippen LogP contribution in [-0.4, -0.2) is 10.9 Å². The normalized spacial score (nSPS) is 10.2.